The van der Waals surface area contributed by atoms with Gasteiger partial charge in [-0.3, -0.25) is 10.1 Å². The summed E-state index contributed by atoms with van der Waals surface area (Å²) in [6.07, 6.45) is 4.06. The Labute approximate surface area is 183 Å². The highest BCUT2D eigenvalue weighted by atomic mass is 32.2. The summed E-state index contributed by atoms with van der Waals surface area (Å²) < 4.78 is 30.2. The number of hydrogen-bond donors (Lipinski definition) is 1. The molecule has 2 aromatic rings. The first-order valence-corrected chi connectivity index (χ1v) is 12.7. The van der Waals surface area contributed by atoms with Crippen molar-refractivity contribution in [3.05, 3.63) is 34.8 Å². The fourth-order valence-electron chi connectivity index (χ4n) is 3.26. The molecular formula is C20H22N4O5S2. The van der Waals surface area contributed by atoms with Crippen LogP contribution in [0.5, 0.6) is 0 Å². The minimum absolute atomic E-state index is 0.0467. The summed E-state index contributed by atoms with van der Waals surface area (Å²) in [4.78, 5) is 18.8. The van der Waals surface area contributed by atoms with Crippen LogP contribution in [-0.4, -0.2) is 54.8 Å². The largest absolute Gasteiger partial charge is 0.389 e. The fourth-order valence-corrected chi connectivity index (χ4v) is 5.82. The summed E-state index contributed by atoms with van der Waals surface area (Å²) in [7, 11) is -3.31. The van der Waals surface area contributed by atoms with Crippen molar-refractivity contribution in [3.63, 3.8) is 0 Å². The van der Waals surface area contributed by atoms with Gasteiger partial charge in [-0.05, 0) is 37.8 Å². The van der Waals surface area contributed by atoms with Gasteiger partial charge in [0.05, 0.1) is 23.4 Å². The third-order valence-corrected chi connectivity index (χ3v) is 8.68. The van der Waals surface area contributed by atoms with Crippen molar-refractivity contribution in [2.75, 3.05) is 18.5 Å². The summed E-state index contributed by atoms with van der Waals surface area (Å²) in [5.41, 5.74) is 0.503. The normalized spacial score (nSPS) is 21.8. The summed E-state index contributed by atoms with van der Waals surface area (Å²) in [6.45, 7) is 1.00. The highest BCUT2D eigenvalue weighted by Crippen LogP contribution is 2.42. The zero-order valence-corrected chi connectivity index (χ0v) is 18.3. The number of oxime groups is 1. The Morgan fingerprint density at radius 1 is 1.13 bits per heavy atom. The van der Waals surface area contributed by atoms with Gasteiger partial charge < -0.3 is 9.57 Å². The van der Waals surface area contributed by atoms with E-state index in [1.54, 1.807) is 12.1 Å². The van der Waals surface area contributed by atoms with E-state index in [9.17, 15) is 13.2 Å². The van der Waals surface area contributed by atoms with Gasteiger partial charge in [0, 0.05) is 17.9 Å². The smallest absolute Gasteiger partial charge is 0.280 e. The average Bonchev–Trinajstić information content (AvgIpc) is 3.70. The standard InChI is InChI=1S/C20H22N4O5S2/c25-18(21-20-23-22-19(30-20)13-1-2-13)17(24-29-14-9-10-28-11-14)12-3-5-15(6-4-12)31(26,27)16-7-8-16/h3-6,13-14,16H,1-2,7-11H2,(H,21,23,25)/t14-/m1/s1. The molecule has 31 heavy (non-hydrogen) atoms. The van der Waals surface area contributed by atoms with Crippen LogP contribution in [0.4, 0.5) is 5.13 Å². The van der Waals surface area contributed by atoms with Gasteiger partial charge in [0.1, 0.15) is 5.01 Å². The highest BCUT2D eigenvalue weighted by Gasteiger charge is 2.37. The van der Waals surface area contributed by atoms with Gasteiger partial charge in [-0.25, -0.2) is 8.42 Å². The molecule has 1 amide bonds. The molecule has 1 saturated heterocycles. The maximum Gasteiger partial charge on any atom is 0.280 e. The molecule has 1 aliphatic heterocycles. The summed E-state index contributed by atoms with van der Waals surface area (Å²) in [5.74, 6) is -0.0434. The van der Waals surface area contributed by atoms with Crippen LogP contribution in [-0.2, 0) is 24.2 Å². The second-order valence-electron chi connectivity index (χ2n) is 7.97. The van der Waals surface area contributed by atoms with E-state index in [0.717, 1.165) is 17.8 Å². The van der Waals surface area contributed by atoms with Crippen LogP contribution in [0.1, 0.15) is 48.6 Å². The number of carbonyl (C=O) groups is 1. The Morgan fingerprint density at radius 2 is 1.90 bits per heavy atom. The van der Waals surface area contributed by atoms with Gasteiger partial charge in [-0.15, -0.1) is 10.2 Å². The first kappa shape index (κ1) is 20.5. The van der Waals surface area contributed by atoms with Crippen LogP contribution in [0, 0.1) is 0 Å². The number of anilines is 1. The van der Waals surface area contributed by atoms with E-state index in [-0.39, 0.29) is 22.0 Å². The number of amides is 1. The SMILES string of the molecule is O=C(Nc1nnc(C2CC2)s1)C(=NO[C@@H]1CCOC1)c1ccc(S(=O)(=O)C2CC2)cc1. The predicted molar refractivity (Wildman–Crippen MR) is 114 cm³/mol. The van der Waals surface area contributed by atoms with E-state index >= 15 is 0 Å². The molecule has 1 aromatic carbocycles. The Morgan fingerprint density at radius 3 is 2.55 bits per heavy atom. The molecule has 5 rings (SSSR count). The molecular weight excluding hydrogens is 440 g/mol. The minimum Gasteiger partial charge on any atom is -0.389 e. The molecule has 0 unspecified atom stereocenters. The number of ether oxygens (including phenoxy) is 1. The Balaban J connectivity index is 1.37. The molecule has 2 saturated carbocycles. The van der Waals surface area contributed by atoms with Gasteiger partial charge in [-0.2, -0.15) is 0 Å². The zero-order valence-electron chi connectivity index (χ0n) is 16.7. The average molecular weight is 463 g/mol. The minimum atomic E-state index is -3.31. The monoisotopic (exact) mass is 462 g/mol. The number of sulfone groups is 1. The number of hydrogen-bond acceptors (Lipinski definition) is 9. The third kappa shape index (κ3) is 4.63. The lowest BCUT2D eigenvalue weighted by atomic mass is 10.1. The van der Waals surface area contributed by atoms with Crippen molar-refractivity contribution in [1.82, 2.24) is 10.2 Å². The van der Waals surface area contributed by atoms with E-state index in [4.69, 9.17) is 9.57 Å². The van der Waals surface area contributed by atoms with Crippen molar-refractivity contribution >= 4 is 37.9 Å². The molecule has 3 aliphatic rings. The van der Waals surface area contributed by atoms with Gasteiger partial charge in [-0.1, -0.05) is 28.6 Å². The van der Waals surface area contributed by atoms with E-state index in [1.165, 1.54) is 23.5 Å². The van der Waals surface area contributed by atoms with Crippen molar-refractivity contribution < 1.29 is 22.8 Å². The number of benzene rings is 1. The maximum atomic E-state index is 13.0. The van der Waals surface area contributed by atoms with Crippen LogP contribution < -0.4 is 5.32 Å². The number of aromatic nitrogens is 2. The highest BCUT2D eigenvalue weighted by molar-refractivity contribution is 7.92. The summed E-state index contributed by atoms with van der Waals surface area (Å²) in [6, 6.07) is 6.19. The molecule has 0 spiro atoms. The second-order valence-corrected chi connectivity index (χ2v) is 11.2. The summed E-state index contributed by atoms with van der Waals surface area (Å²) >= 11 is 1.35. The fraction of sp³-hybridized carbons (Fsp3) is 0.500. The molecule has 1 N–H and O–H groups in total. The Kier molecular flexibility index (Phi) is 5.49. The van der Waals surface area contributed by atoms with Crippen LogP contribution >= 0.6 is 11.3 Å². The maximum absolute atomic E-state index is 13.0. The van der Waals surface area contributed by atoms with Crippen molar-refractivity contribution in [2.45, 2.75) is 54.3 Å². The van der Waals surface area contributed by atoms with Crippen LogP contribution in [0.2, 0.25) is 0 Å². The molecule has 0 bridgehead atoms. The molecule has 3 fully saturated rings. The first-order chi connectivity index (χ1) is 15.0. The molecule has 164 valence electrons. The molecule has 11 heteroatoms. The lowest BCUT2D eigenvalue weighted by molar-refractivity contribution is -0.110. The number of carbonyl (C=O) groups excluding carboxylic acids is 1. The lowest BCUT2D eigenvalue weighted by Gasteiger charge is -2.10. The number of nitrogens with zero attached hydrogens (tertiary/aromatic N) is 3. The van der Waals surface area contributed by atoms with Gasteiger partial charge >= 0.3 is 0 Å². The number of rotatable bonds is 8. The van der Waals surface area contributed by atoms with E-state index in [0.29, 0.717) is 49.1 Å². The van der Waals surface area contributed by atoms with Gasteiger partial charge in [0.25, 0.3) is 5.91 Å². The van der Waals surface area contributed by atoms with E-state index < -0.39 is 15.7 Å². The molecule has 2 aliphatic carbocycles. The zero-order chi connectivity index (χ0) is 21.4. The van der Waals surface area contributed by atoms with Crippen molar-refractivity contribution in [3.8, 4) is 0 Å². The Hall–Kier alpha value is -2.37. The van der Waals surface area contributed by atoms with Crippen molar-refractivity contribution in [2.24, 2.45) is 5.16 Å². The second kappa shape index (κ2) is 8.29. The van der Waals surface area contributed by atoms with E-state index in [2.05, 4.69) is 20.7 Å². The predicted octanol–water partition coefficient (Wildman–Crippen LogP) is 2.50. The van der Waals surface area contributed by atoms with E-state index in [1.807, 2.05) is 0 Å². The van der Waals surface area contributed by atoms with Crippen molar-refractivity contribution in [1.29, 1.82) is 0 Å². The molecule has 0 radical (unpaired) electrons. The molecule has 1 aromatic heterocycles. The van der Waals surface area contributed by atoms with Crippen LogP contribution in [0.25, 0.3) is 0 Å². The first-order valence-electron chi connectivity index (χ1n) is 10.3. The molecule has 2 heterocycles. The van der Waals surface area contributed by atoms with Crippen LogP contribution in [0.15, 0.2) is 34.3 Å². The topological polar surface area (TPSA) is 120 Å². The quantitative estimate of drug-likeness (QED) is 0.473. The third-order valence-electron chi connectivity index (χ3n) is 5.40. The van der Waals surface area contributed by atoms with Gasteiger partial charge in [0.15, 0.2) is 21.7 Å². The lowest BCUT2D eigenvalue weighted by Crippen LogP contribution is -2.25. The van der Waals surface area contributed by atoms with Crippen LogP contribution in [0.3, 0.4) is 0 Å². The molecule has 9 nitrogen and oxygen atoms in total. The molecule has 1 atom stereocenters. The Bertz CT molecular complexity index is 1100. The van der Waals surface area contributed by atoms with Gasteiger partial charge in [0.2, 0.25) is 5.13 Å². The summed E-state index contributed by atoms with van der Waals surface area (Å²) in [5, 5.41) is 16.0. The number of nitrogens with one attached hydrogen (secondary N) is 1.